The molecule has 4 aromatic rings. The quantitative estimate of drug-likeness (QED) is 0.386. The first kappa shape index (κ1) is 15.7. The summed E-state index contributed by atoms with van der Waals surface area (Å²) in [5.41, 5.74) is 6.03. The highest BCUT2D eigenvalue weighted by molar-refractivity contribution is 5.84. The van der Waals surface area contributed by atoms with E-state index in [2.05, 4.69) is 108 Å². The van der Waals surface area contributed by atoms with Crippen LogP contribution in [-0.2, 0) is 4.74 Å². The number of para-hydroxylation sites is 2. The van der Waals surface area contributed by atoms with Crippen molar-refractivity contribution in [2.24, 2.45) is 0 Å². The number of rotatable bonds is 1. The summed E-state index contributed by atoms with van der Waals surface area (Å²) in [6.45, 7) is 0. The second-order valence-corrected chi connectivity index (χ2v) is 7.36. The first-order valence-corrected chi connectivity index (χ1v) is 9.68. The third-order valence-electron chi connectivity index (χ3n) is 5.72. The van der Waals surface area contributed by atoms with Crippen molar-refractivity contribution in [3.63, 3.8) is 0 Å². The summed E-state index contributed by atoms with van der Waals surface area (Å²) in [5.74, 6) is 0. The van der Waals surface area contributed by atoms with Crippen molar-refractivity contribution in [2.75, 3.05) is 4.90 Å². The van der Waals surface area contributed by atoms with E-state index in [4.69, 9.17) is 4.74 Å². The molecule has 134 valence electrons. The number of nitrogens with zero attached hydrogens (tertiary/aromatic N) is 1. The Morgan fingerprint density at radius 3 is 2.36 bits per heavy atom. The van der Waals surface area contributed by atoms with E-state index in [-0.39, 0.29) is 12.3 Å². The number of anilines is 2. The van der Waals surface area contributed by atoms with Crippen molar-refractivity contribution in [1.82, 2.24) is 0 Å². The lowest BCUT2D eigenvalue weighted by molar-refractivity contribution is 0.0303. The zero-order valence-corrected chi connectivity index (χ0v) is 15.3. The van der Waals surface area contributed by atoms with Crippen molar-refractivity contribution in [1.29, 1.82) is 0 Å². The van der Waals surface area contributed by atoms with Crippen LogP contribution in [0.4, 0.5) is 11.4 Å². The molecule has 0 N–H and O–H groups in total. The van der Waals surface area contributed by atoms with Crippen LogP contribution in [0.15, 0.2) is 97.1 Å². The fourth-order valence-electron chi connectivity index (χ4n) is 4.40. The molecule has 0 saturated carbocycles. The average Bonchev–Trinajstić information content (AvgIpc) is 2.78. The maximum absolute atomic E-state index is 6.65. The first-order chi connectivity index (χ1) is 13.9. The predicted octanol–water partition coefficient (Wildman–Crippen LogP) is 6.45. The monoisotopic (exact) mass is 361 g/mol. The van der Waals surface area contributed by atoms with Gasteiger partial charge in [0.15, 0.2) is 6.23 Å². The van der Waals surface area contributed by atoms with E-state index in [1.54, 1.807) is 0 Å². The number of hydrogen-bond acceptors (Lipinski definition) is 2. The third kappa shape index (κ3) is 2.32. The Morgan fingerprint density at radius 1 is 0.679 bits per heavy atom. The summed E-state index contributed by atoms with van der Waals surface area (Å²) in [7, 11) is 0. The molecule has 28 heavy (non-hydrogen) atoms. The topological polar surface area (TPSA) is 12.5 Å². The van der Waals surface area contributed by atoms with Crippen LogP contribution < -0.4 is 4.90 Å². The van der Waals surface area contributed by atoms with Crippen molar-refractivity contribution in [3.05, 3.63) is 114 Å². The fourth-order valence-corrected chi connectivity index (χ4v) is 4.40. The number of benzene rings is 4. The Kier molecular flexibility index (Phi) is 3.40. The molecule has 0 fully saturated rings. The number of fused-ring (bicyclic) bond motifs is 6. The zero-order chi connectivity index (χ0) is 18.5. The van der Waals surface area contributed by atoms with E-state index in [0.717, 1.165) is 0 Å². The van der Waals surface area contributed by atoms with Crippen LogP contribution in [0.1, 0.15) is 22.8 Å². The molecule has 0 aliphatic carbocycles. The summed E-state index contributed by atoms with van der Waals surface area (Å²) in [6, 6.07) is 32.2. The van der Waals surface area contributed by atoms with Gasteiger partial charge in [-0.3, -0.25) is 0 Å². The Bertz CT molecular complexity index is 1230. The summed E-state index contributed by atoms with van der Waals surface area (Å²) in [5, 5.41) is 2.50. The van der Waals surface area contributed by atoms with Crippen LogP contribution in [0.25, 0.3) is 16.8 Å². The smallest absolute Gasteiger partial charge is 0.155 e. The Hall–Kier alpha value is -3.36. The van der Waals surface area contributed by atoms with Gasteiger partial charge in [0.2, 0.25) is 0 Å². The van der Waals surface area contributed by atoms with Gasteiger partial charge in [-0.25, -0.2) is 0 Å². The van der Waals surface area contributed by atoms with E-state index in [9.17, 15) is 0 Å². The van der Waals surface area contributed by atoms with E-state index in [1.165, 1.54) is 38.8 Å². The molecular formula is C26H19NO. The molecular weight excluding hydrogens is 342 g/mol. The summed E-state index contributed by atoms with van der Waals surface area (Å²) < 4.78 is 6.65. The normalized spacial score (nSPS) is 19.8. The van der Waals surface area contributed by atoms with Gasteiger partial charge in [0.1, 0.15) is 6.10 Å². The third-order valence-corrected chi connectivity index (χ3v) is 5.72. The van der Waals surface area contributed by atoms with Gasteiger partial charge >= 0.3 is 0 Å². The molecule has 6 rings (SSSR count). The molecule has 2 heterocycles. The van der Waals surface area contributed by atoms with E-state index < -0.39 is 0 Å². The number of hydrogen-bond donors (Lipinski definition) is 0. The van der Waals surface area contributed by atoms with Crippen molar-refractivity contribution >= 4 is 28.2 Å². The van der Waals surface area contributed by atoms with Crippen LogP contribution in [0.2, 0.25) is 0 Å². The molecule has 0 radical (unpaired) electrons. The van der Waals surface area contributed by atoms with Crippen LogP contribution >= 0.6 is 0 Å². The van der Waals surface area contributed by atoms with Gasteiger partial charge in [0.05, 0.1) is 11.4 Å². The second-order valence-electron chi connectivity index (χ2n) is 7.36. The molecule has 0 saturated heterocycles. The summed E-state index contributed by atoms with van der Waals surface area (Å²) in [6.07, 6.45) is 4.13. The molecule has 2 nitrogen and oxygen atoms in total. The van der Waals surface area contributed by atoms with Gasteiger partial charge in [0, 0.05) is 5.56 Å². The largest absolute Gasteiger partial charge is 0.342 e. The maximum atomic E-state index is 6.65. The zero-order valence-electron chi connectivity index (χ0n) is 15.3. The lowest BCUT2D eigenvalue weighted by atomic mass is 9.93. The minimum absolute atomic E-state index is 0.0861. The van der Waals surface area contributed by atoms with Gasteiger partial charge in [-0.1, -0.05) is 78.9 Å². The lowest BCUT2D eigenvalue weighted by Crippen LogP contribution is -2.40. The molecule has 2 heteroatoms. The maximum Gasteiger partial charge on any atom is 0.155 e. The Morgan fingerprint density at radius 2 is 1.43 bits per heavy atom. The molecule has 4 aromatic carbocycles. The molecule has 0 unspecified atom stereocenters. The SMILES string of the molecule is C1=C[C@@H]2O[C@H](c3ccc4ccccc4c3)c3ccccc3N2c2ccccc21. The van der Waals surface area contributed by atoms with Crippen LogP contribution in [0.3, 0.4) is 0 Å². The van der Waals surface area contributed by atoms with E-state index in [1.807, 2.05) is 0 Å². The van der Waals surface area contributed by atoms with Crippen LogP contribution in [-0.4, -0.2) is 6.23 Å². The van der Waals surface area contributed by atoms with Crippen molar-refractivity contribution in [3.8, 4) is 0 Å². The van der Waals surface area contributed by atoms with Gasteiger partial charge < -0.3 is 9.64 Å². The molecule has 0 spiro atoms. The molecule has 2 aliphatic rings. The van der Waals surface area contributed by atoms with Crippen molar-refractivity contribution in [2.45, 2.75) is 12.3 Å². The van der Waals surface area contributed by atoms with Crippen LogP contribution in [0, 0.1) is 0 Å². The Balaban J connectivity index is 1.52. The predicted molar refractivity (Wildman–Crippen MR) is 115 cm³/mol. The molecule has 0 amide bonds. The highest BCUT2D eigenvalue weighted by atomic mass is 16.5. The molecule has 0 aromatic heterocycles. The number of ether oxygens (including phenoxy) is 1. The van der Waals surface area contributed by atoms with E-state index in [0.29, 0.717) is 0 Å². The fraction of sp³-hybridized carbons (Fsp3) is 0.0769. The average molecular weight is 361 g/mol. The minimum Gasteiger partial charge on any atom is -0.342 e. The standard InChI is InChI=1S/C26H19NO/c1-2-9-20-17-21(14-13-18(20)7-1)26-22-10-4-6-12-24(22)27-23-11-5-3-8-19(23)15-16-25(27)28-26/h1-17,25-26H/t25-,26+/m0/s1. The van der Waals surface area contributed by atoms with Gasteiger partial charge in [-0.05, 0) is 46.2 Å². The first-order valence-electron chi connectivity index (χ1n) is 9.68. The van der Waals surface area contributed by atoms with Crippen molar-refractivity contribution < 1.29 is 4.74 Å². The molecule has 0 bridgehead atoms. The highest BCUT2D eigenvalue weighted by Crippen LogP contribution is 2.46. The minimum atomic E-state index is -0.110. The molecule has 2 atom stereocenters. The van der Waals surface area contributed by atoms with Gasteiger partial charge in [0.25, 0.3) is 0 Å². The lowest BCUT2D eigenvalue weighted by Gasteiger charge is -2.43. The second kappa shape index (κ2) is 6.08. The van der Waals surface area contributed by atoms with Crippen LogP contribution in [0.5, 0.6) is 0 Å². The highest BCUT2D eigenvalue weighted by Gasteiger charge is 2.35. The summed E-state index contributed by atoms with van der Waals surface area (Å²) in [4.78, 5) is 2.31. The Labute approximate surface area is 164 Å². The van der Waals surface area contributed by atoms with E-state index >= 15 is 0 Å². The summed E-state index contributed by atoms with van der Waals surface area (Å²) >= 11 is 0. The molecule has 2 aliphatic heterocycles. The van der Waals surface area contributed by atoms with Gasteiger partial charge in [-0.15, -0.1) is 0 Å². The van der Waals surface area contributed by atoms with Gasteiger partial charge in [-0.2, -0.15) is 0 Å².